The number of nitrogens with one attached hydrogen (secondary N) is 2. The zero-order chi connectivity index (χ0) is 22.2. The number of hydrogen-bond donors (Lipinski definition) is 2. The Balaban J connectivity index is 1.46. The molecule has 5 rings (SSSR count). The highest BCUT2D eigenvalue weighted by molar-refractivity contribution is 6.31. The first-order valence-corrected chi connectivity index (χ1v) is 10.8. The second-order valence-corrected chi connectivity index (χ2v) is 8.41. The van der Waals surface area contributed by atoms with E-state index in [4.69, 9.17) is 16.3 Å². The minimum absolute atomic E-state index is 0.177. The minimum Gasteiger partial charge on any atom is -0.491 e. The highest BCUT2D eigenvalue weighted by Crippen LogP contribution is 2.33. The summed E-state index contributed by atoms with van der Waals surface area (Å²) in [5.74, 6) is 0.544. The summed E-state index contributed by atoms with van der Waals surface area (Å²) in [6.07, 6.45) is 3.68. The van der Waals surface area contributed by atoms with Crippen LogP contribution in [0.5, 0.6) is 5.75 Å². The number of halogens is 1. The lowest BCUT2D eigenvalue weighted by Gasteiger charge is -2.25. The monoisotopic (exact) mass is 452 g/mol. The zero-order valence-corrected chi connectivity index (χ0v) is 18.1. The average molecular weight is 453 g/mol. The second-order valence-electron chi connectivity index (χ2n) is 7.98. The van der Waals surface area contributed by atoms with E-state index < -0.39 is 5.76 Å². The number of fused-ring (bicyclic) bond motifs is 1. The number of aromatic nitrogens is 3. The predicted octanol–water partition coefficient (Wildman–Crippen LogP) is 4.61. The number of aryl methyl sites for hydroxylation is 1. The van der Waals surface area contributed by atoms with Gasteiger partial charge in [-0.1, -0.05) is 35.3 Å². The zero-order valence-electron chi connectivity index (χ0n) is 17.4. The largest absolute Gasteiger partial charge is 0.491 e. The molecule has 2 aromatic heterocycles. The van der Waals surface area contributed by atoms with Gasteiger partial charge in [0.1, 0.15) is 11.4 Å². The first-order valence-electron chi connectivity index (χ1n) is 10.4. The standard InChI is InChI=1S/C23H21ClN4O4/c1-28-18(10-14-6-3-7-19(20(14)28)31-12-13-4-2-5-13)22(29)25-17-9-8-15(24)11-16(17)21-26-23(30)32-27-21/h3,6-11,13H,2,4-5,12H2,1H3,(H,25,29)(H,26,27,30). The molecule has 2 N–H and O–H groups in total. The first kappa shape index (κ1) is 20.4. The second kappa shape index (κ2) is 8.20. The Hall–Kier alpha value is -3.52. The van der Waals surface area contributed by atoms with Crippen molar-refractivity contribution in [3.05, 3.63) is 63.7 Å². The Labute approximate surface area is 188 Å². The van der Waals surface area contributed by atoms with Crippen LogP contribution in [0.2, 0.25) is 5.02 Å². The fourth-order valence-corrected chi connectivity index (χ4v) is 4.11. The van der Waals surface area contributed by atoms with Crippen molar-refractivity contribution in [3.63, 3.8) is 0 Å². The molecule has 0 saturated heterocycles. The molecule has 0 radical (unpaired) electrons. The van der Waals surface area contributed by atoms with Gasteiger partial charge in [-0.3, -0.25) is 14.3 Å². The summed E-state index contributed by atoms with van der Waals surface area (Å²) in [4.78, 5) is 27.0. The third kappa shape index (κ3) is 3.78. The SMILES string of the molecule is Cn1c(C(=O)Nc2ccc(Cl)cc2-c2noc(=O)[nH]2)cc2cccc(OCC3CCC3)c21. The van der Waals surface area contributed by atoms with Crippen LogP contribution in [0.15, 0.2) is 51.8 Å². The maximum Gasteiger partial charge on any atom is 0.439 e. The van der Waals surface area contributed by atoms with Gasteiger partial charge in [-0.05, 0) is 49.1 Å². The molecule has 0 atom stereocenters. The van der Waals surface area contributed by atoms with E-state index in [1.54, 1.807) is 18.2 Å². The van der Waals surface area contributed by atoms with E-state index in [-0.39, 0.29) is 11.7 Å². The number of anilines is 1. The van der Waals surface area contributed by atoms with Gasteiger partial charge in [0, 0.05) is 23.0 Å². The number of aromatic amines is 1. The first-order chi connectivity index (χ1) is 15.5. The Morgan fingerprint density at radius 2 is 2.16 bits per heavy atom. The van der Waals surface area contributed by atoms with E-state index in [1.807, 2.05) is 35.9 Å². The maximum atomic E-state index is 13.2. The third-order valence-electron chi connectivity index (χ3n) is 5.88. The van der Waals surface area contributed by atoms with Crippen molar-refractivity contribution in [1.82, 2.24) is 14.7 Å². The van der Waals surface area contributed by atoms with Crippen LogP contribution >= 0.6 is 11.6 Å². The summed E-state index contributed by atoms with van der Waals surface area (Å²) in [7, 11) is 1.84. The molecule has 1 saturated carbocycles. The molecule has 2 aromatic carbocycles. The van der Waals surface area contributed by atoms with E-state index in [1.165, 1.54) is 19.3 Å². The highest BCUT2D eigenvalue weighted by Gasteiger charge is 2.21. The predicted molar refractivity (Wildman–Crippen MR) is 121 cm³/mol. The molecule has 1 aliphatic rings. The summed E-state index contributed by atoms with van der Waals surface area (Å²) < 4.78 is 12.5. The van der Waals surface area contributed by atoms with Crippen LogP contribution in [0.3, 0.4) is 0 Å². The van der Waals surface area contributed by atoms with Gasteiger partial charge in [-0.2, -0.15) is 0 Å². The Bertz CT molecular complexity index is 1370. The van der Waals surface area contributed by atoms with E-state index in [0.29, 0.717) is 34.5 Å². The van der Waals surface area contributed by atoms with Crippen LogP contribution in [0, 0.1) is 5.92 Å². The van der Waals surface area contributed by atoms with Gasteiger partial charge >= 0.3 is 5.76 Å². The van der Waals surface area contributed by atoms with Gasteiger partial charge in [0.15, 0.2) is 5.82 Å². The number of rotatable bonds is 6. The number of hydrogen-bond acceptors (Lipinski definition) is 5. The minimum atomic E-state index is -0.694. The van der Waals surface area contributed by atoms with Crippen molar-refractivity contribution >= 4 is 34.1 Å². The van der Waals surface area contributed by atoms with Gasteiger partial charge in [0.05, 0.1) is 17.8 Å². The normalized spacial score (nSPS) is 13.8. The Morgan fingerprint density at radius 3 is 2.88 bits per heavy atom. The molecule has 0 unspecified atom stereocenters. The third-order valence-corrected chi connectivity index (χ3v) is 6.11. The molecule has 9 heteroatoms. The molecule has 0 spiro atoms. The lowest BCUT2D eigenvalue weighted by molar-refractivity contribution is 0.101. The number of carbonyl (C=O) groups is 1. The number of para-hydroxylation sites is 1. The number of H-pyrrole nitrogens is 1. The molecular weight excluding hydrogens is 432 g/mol. The van der Waals surface area contributed by atoms with Gasteiger partial charge < -0.3 is 14.6 Å². The van der Waals surface area contributed by atoms with E-state index in [9.17, 15) is 9.59 Å². The van der Waals surface area contributed by atoms with Crippen LogP contribution in [0.25, 0.3) is 22.3 Å². The quantitative estimate of drug-likeness (QED) is 0.445. The van der Waals surface area contributed by atoms with E-state index in [2.05, 4.69) is 20.0 Å². The number of carbonyl (C=O) groups excluding carboxylic acids is 1. The number of nitrogens with zero attached hydrogens (tertiary/aromatic N) is 2. The van der Waals surface area contributed by atoms with Crippen molar-refractivity contribution in [2.75, 3.05) is 11.9 Å². The molecule has 1 amide bonds. The molecule has 4 aromatic rings. The Morgan fingerprint density at radius 1 is 1.31 bits per heavy atom. The molecule has 1 aliphatic carbocycles. The number of benzene rings is 2. The van der Waals surface area contributed by atoms with Gasteiger partial charge in [-0.25, -0.2) is 4.79 Å². The molecule has 8 nitrogen and oxygen atoms in total. The number of ether oxygens (including phenoxy) is 1. The Kier molecular flexibility index (Phi) is 5.22. The van der Waals surface area contributed by atoms with Crippen molar-refractivity contribution in [1.29, 1.82) is 0 Å². The lowest BCUT2D eigenvalue weighted by Crippen LogP contribution is -2.19. The summed E-state index contributed by atoms with van der Waals surface area (Å²) in [5, 5.41) is 7.94. The summed E-state index contributed by atoms with van der Waals surface area (Å²) in [6, 6.07) is 12.5. The molecule has 164 valence electrons. The van der Waals surface area contributed by atoms with Crippen LogP contribution in [-0.2, 0) is 7.05 Å². The molecule has 1 fully saturated rings. The van der Waals surface area contributed by atoms with Gasteiger partial charge in [-0.15, -0.1) is 0 Å². The van der Waals surface area contributed by atoms with Crippen molar-refractivity contribution in [2.45, 2.75) is 19.3 Å². The van der Waals surface area contributed by atoms with Gasteiger partial charge in [0.25, 0.3) is 5.91 Å². The average Bonchev–Trinajstić information content (AvgIpc) is 3.32. The maximum absolute atomic E-state index is 13.2. The fourth-order valence-electron chi connectivity index (χ4n) is 3.93. The molecular formula is C23H21ClN4O4. The fraction of sp³-hybridized carbons (Fsp3) is 0.261. The van der Waals surface area contributed by atoms with Crippen molar-refractivity contribution in [2.24, 2.45) is 13.0 Å². The highest BCUT2D eigenvalue weighted by atomic mass is 35.5. The van der Waals surface area contributed by atoms with Crippen molar-refractivity contribution < 1.29 is 14.1 Å². The molecule has 32 heavy (non-hydrogen) atoms. The molecule has 2 heterocycles. The summed E-state index contributed by atoms with van der Waals surface area (Å²) in [6.45, 7) is 0.690. The van der Waals surface area contributed by atoms with Crippen LogP contribution in [0.1, 0.15) is 29.8 Å². The molecule has 0 aliphatic heterocycles. The lowest BCUT2D eigenvalue weighted by atomic mass is 9.86. The van der Waals surface area contributed by atoms with Gasteiger partial charge in [0.2, 0.25) is 0 Å². The van der Waals surface area contributed by atoms with E-state index in [0.717, 1.165) is 16.7 Å². The topological polar surface area (TPSA) is 102 Å². The summed E-state index contributed by atoms with van der Waals surface area (Å²) in [5.41, 5.74) is 2.22. The van der Waals surface area contributed by atoms with Crippen LogP contribution in [-0.4, -0.2) is 27.2 Å². The summed E-state index contributed by atoms with van der Waals surface area (Å²) >= 11 is 6.11. The van der Waals surface area contributed by atoms with E-state index >= 15 is 0 Å². The van der Waals surface area contributed by atoms with Crippen LogP contribution in [0.4, 0.5) is 5.69 Å². The smallest absolute Gasteiger partial charge is 0.439 e. The number of amides is 1. The van der Waals surface area contributed by atoms with Crippen molar-refractivity contribution in [3.8, 4) is 17.1 Å². The molecule has 0 bridgehead atoms. The van der Waals surface area contributed by atoms with Crippen LogP contribution < -0.4 is 15.8 Å².